The quantitative estimate of drug-likeness (QED) is 0.891. The molecule has 0 spiro atoms. The van der Waals surface area contributed by atoms with Crippen LogP contribution in [0, 0.1) is 0 Å². The van der Waals surface area contributed by atoms with E-state index in [1.807, 2.05) is 30.3 Å². The first kappa shape index (κ1) is 15.5. The predicted octanol–water partition coefficient (Wildman–Crippen LogP) is 3.09. The second-order valence-electron chi connectivity index (χ2n) is 4.91. The number of aromatic nitrogens is 1. The number of hydrogen-bond donors (Lipinski definition) is 1. The van der Waals surface area contributed by atoms with Crippen molar-refractivity contribution in [1.29, 1.82) is 0 Å². The van der Waals surface area contributed by atoms with Crippen LogP contribution in [0.15, 0.2) is 35.7 Å². The van der Waals surface area contributed by atoms with Crippen LogP contribution in [0.3, 0.4) is 0 Å². The number of carbonyl (C=O) groups is 1. The van der Waals surface area contributed by atoms with Crippen LogP contribution >= 0.6 is 11.3 Å². The van der Waals surface area contributed by atoms with Crippen molar-refractivity contribution in [3.8, 4) is 0 Å². The molecule has 0 atom stereocenters. The van der Waals surface area contributed by atoms with E-state index in [-0.39, 0.29) is 6.03 Å². The first-order chi connectivity index (χ1) is 10.2. The highest BCUT2D eigenvalue weighted by molar-refractivity contribution is 7.09. The van der Waals surface area contributed by atoms with Gasteiger partial charge >= 0.3 is 6.03 Å². The monoisotopic (exact) mass is 303 g/mol. The maximum absolute atomic E-state index is 12.0. The summed E-state index contributed by atoms with van der Waals surface area (Å²) in [4.78, 5) is 18.2. The van der Waals surface area contributed by atoms with Crippen molar-refractivity contribution in [2.24, 2.45) is 0 Å². The minimum Gasteiger partial charge on any atom is -0.338 e. The van der Waals surface area contributed by atoms with Gasteiger partial charge < -0.3 is 10.2 Å². The van der Waals surface area contributed by atoms with Crippen LogP contribution in [0.5, 0.6) is 0 Å². The molecule has 0 fully saturated rings. The second kappa shape index (κ2) is 7.78. The third-order valence-electron chi connectivity index (χ3n) is 3.17. The molecule has 0 bridgehead atoms. The standard InChI is InChI=1S/C16H21N3OS/c1-3-15-18-14(12-21-15)9-10-17-16(20)19(2)11-13-7-5-4-6-8-13/h4-8,12H,3,9-11H2,1-2H3,(H,17,20). The van der Waals surface area contributed by atoms with Crippen LogP contribution in [0.1, 0.15) is 23.2 Å². The SMILES string of the molecule is CCc1nc(CCNC(=O)N(C)Cc2ccccc2)cs1. The maximum atomic E-state index is 12.0. The summed E-state index contributed by atoms with van der Waals surface area (Å²) in [6, 6.07) is 9.92. The van der Waals surface area contributed by atoms with Gasteiger partial charge in [0, 0.05) is 31.9 Å². The van der Waals surface area contributed by atoms with Crippen LogP contribution in [0.4, 0.5) is 4.79 Å². The Morgan fingerprint density at radius 1 is 1.33 bits per heavy atom. The molecule has 112 valence electrons. The molecule has 1 aromatic heterocycles. The van der Waals surface area contributed by atoms with Crippen molar-refractivity contribution in [1.82, 2.24) is 15.2 Å². The van der Waals surface area contributed by atoms with Gasteiger partial charge in [0.15, 0.2) is 0 Å². The lowest BCUT2D eigenvalue weighted by Crippen LogP contribution is -2.37. The summed E-state index contributed by atoms with van der Waals surface area (Å²) in [7, 11) is 1.81. The van der Waals surface area contributed by atoms with Crippen molar-refractivity contribution in [2.45, 2.75) is 26.3 Å². The lowest BCUT2D eigenvalue weighted by Gasteiger charge is -2.17. The Balaban J connectivity index is 1.73. The third-order valence-corrected chi connectivity index (χ3v) is 4.21. The van der Waals surface area contributed by atoms with Gasteiger partial charge in [0.25, 0.3) is 0 Å². The third kappa shape index (κ3) is 4.86. The molecule has 4 nitrogen and oxygen atoms in total. The molecule has 0 unspecified atom stereocenters. The molecule has 1 N–H and O–H groups in total. The Morgan fingerprint density at radius 2 is 2.10 bits per heavy atom. The number of aryl methyl sites for hydroxylation is 1. The molecule has 2 amide bonds. The summed E-state index contributed by atoms with van der Waals surface area (Å²) < 4.78 is 0. The average molecular weight is 303 g/mol. The maximum Gasteiger partial charge on any atom is 0.317 e. The molecule has 1 heterocycles. The predicted molar refractivity (Wildman–Crippen MR) is 86.5 cm³/mol. The van der Waals surface area contributed by atoms with E-state index in [4.69, 9.17) is 0 Å². The highest BCUT2D eigenvalue weighted by atomic mass is 32.1. The zero-order valence-electron chi connectivity index (χ0n) is 12.5. The molecule has 1 aromatic carbocycles. The first-order valence-electron chi connectivity index (χ1n) is 7.15. The highest BCUT2D eigenvalue weighted by Gasteiger charge is 2.08. The topological polar surface area (TPSA) is 45.2 Å². The summed E-state index contributed by atoms with van der Waals surface area (Å²) in [5.74, 6) is 0. The fourth-order valence-corrected chi connectivity index (χ4v) is 2.77. The van der Waals surface area contributed by atoms with Crippen molar-refractivity contribution in [3.05, 3.63) is 52.0 Å². The number of benzene rings is 1. The van der Waals surface area contributed by atoms with Crippen molar-refractivity contribution >= 4 is 17.4 Å². The number of hydrogen-bond acceptors (Lipinski definition) is 3. The molecule has 0 radical (unpaired) electrons. The summed E-state index contributed by atoms with van der Waals surface area (Å²) in [5, 5.41) is 6.15. The molecular formula is C16H21N3OS. The molecule has 2 aromatic rings. The molecule has 0 aliphatic heterocycles. The summed E-state index contributed by atoms with van der Waals surface area (Å²) in [6.45, 7) is 3.33. The molecule has 0 aliphatic carbocycles. The van der Waals surface area contributed by atoms with Crippen LogP contribution in [-0.4, -0.2) is 29.5 Å². The van der Waals surface area contributed by atoms with Gasteiger partial charge in [0.05, 0.1) is 10.7 Å². The van der Waals surface area contributed by atoms with Gasteiger partial charge in [-0.15, -0.1) is 11.3 Å². The number of carbonyl (C=O) groups excluding carboxylic acids is 1. The normalized spacial score (nSPS) is 10.4. The Bertz CT molecular complexity index is 568. The van der Waals surface area contributed by atoms with E-state index >= 15 is 0 Å². The first-order valence-corrected chi connectivity index (χ1v) is 8.03. The average Bonchev–Trinajstić information content (AvgIpc) is 2.96. The lowest BCUT2D eigenvalue weighted by atomic mass is 10.2. The van der Waals surface area contributed by atoms with Gasteiger partial charge in [-0.1, -0.05) is 37.3 Å². The van der Waals surface area contributed by atoms with E-state index in [1.54, 1.807) is 23.3 Å². The molecular weight excluding hydrogens is 282 g/mol. The van der Waals surface area contributed by atoms with Gasteiger partial charge in [-0.2, -0.15) is 0 Å². The lowest BCUT2D eigenvalue weighted by molar-refractivity contribution is 0.207. The number of nitrogens with zero attached hydrogens (tertiary/aromatic N) is 2. The van der Waals surface area contributed by atoms with Gasteiger partial charge in [-0.05, 0) is 12.0 Å². The molecule has 0 saturated heterocycles. The zero-order valence-corrected chi connectivity index (χ0v) is 13.3. The van der Waals surface area contributed by atoms with E-state index in [0.29, 0.717) is 13.1 Å². The van der Waals surface area contributed by atoms with E-state index < -0.39 is 0 Å². The number of nitrogens with one attached hydrogen (secondary N) is 1. The summed E-state index contributed by atoms with van der Waals surface area (Å²) in [5.41, 5.74) is 2.19. The van der Waals surface area contributed by atoms with Crippen LogP contribution < -0.4 is 5.32 Å². The molecule has 0 aliphatic rings. The smallest absolute Gasteiger partial charge is 0.317 e. The number of urea groups is 1. The molecule has 2 rings (SSSR count). The van der Waals surface area contributed by atoms with Crippen molar-refractivity contribution in [2.75, 3.05) is 13.6 Å². The van der Waals surface area contributed by atoms with Crippen LogP contribution in [0.2, 0.25) is 0 Å². The summed E-state index contributed by atoms with van der Waals surface area (Å²) in [6.07, 6.45) is 1.75. The fraction of sp³-hybridized carbons (Fsp3) is 0.375. The highest BCUT2D eigenvalue weighted by Crippen LogP contribution is 2.10. The molecule has 0 saturated carbocycles. The van der Waals surface area contributed by atoms with Gasteiger partial charge in [-0.25, -0.2) is 9.78 Å². The second-order valence-corrected chi connectivity index (χ2v) is 5.85. The Hall–Kier alpha value is -1.88. The van der Waals surface area contributed by atoms with Crippen molar-refractivity contribution in [3.63, 3.8) is 0 Å². The van der Waals surface area contributed by atoms with Crippen molar-refractivity contribution < 1.29 is 4.79 Å². The van der Waals surface area contributed by atoms with E-state index in [9.17, 15) is 4.79 Å². The fourth-order valence-electron chi connectivity index (χ4n) is 1.99. The Kier molecular flexibility index (Phi) is 5.75. The number of rotatable bonds is 6. The Labute approximate surface area is 129 Å². The van der Waals surface area contributed by atoms with E-state index in [0.717, 1.165) is 29.1 Å². The van der Waals surface area contributed by atoms with E-state index in [1.165, 1.54) is 0 Å². The van der Waals surface area contributed by atoms with Gasteiger partial charge in [0.1, 0.15) is 0 Å². The minimum atomic E-state index is -0.0511. The molecule has 5 heteroatoms. The summed E-state index contributed by atoms with van der Waals surface area (Å²) >= 11 is 1.68. The minimum absolute atomic E-state index is 0.0511. The molecule has 21 heavy (non-hydrogen) atoms. The zero-order chi connectivity index (χ0) is 15.1. The largest absolute Gasteiger partial charge is 0.338 e. The van der Waals surface area contributed by atoms with Crippen LogP contribution in [-0.2, 0) is 19.4 Å². The van der Waals surface area contributed by atoms with Gasteiger partial charge in [-0.3, -0.25) is 0 Å². The number of amides is 2. The Morgan fingerprint density at radius 3 is 2.76 bits per heavy atom. The number of thiazole rings is 1. The van der Waals surface area contributed by atoms with Crippen LogP contribution in [0.25, 0.3) is 0 Å². The van der Waals surface area contributed by atoms with E-state index in [2.05, 4.69) is 22.6 Å². The van der Waals surface area contributed by atoms with Gasteiger partial charge in [0.2, 0.25) is 0 Å².